The fourth-order valence-corrected chi connectivity index (χ4v) is 7.52. The van der Waals surface area contributed by atoms with Gasteiger partial charge in [-0.25, -0.2) is 0 Å². The predicted molar refractivity (Wildman–Crippen MR) is 269 cm³/mol. The number of Topliss-reactive ketones (excluding diaryl/α,β-unsaturated/α-hetero) is 2. The van der Waals surface area contributed by atoms with Crippen molar-refractivity contribution < 1.29 is 38.2 Å². The first-order valence-corrected chi connectivity index (χ1v) is 23.4. The Balaban J connectivity index is 1.28. The summed E-state index contributed by atoms with van der Waals surface area (Å²) >= 11 is 31.0. The van der Waals surface area contributed by atoms with Crippen molar-refractivity contribution >= 4 is 127 Å². The third-order valence-electron chi connectivity index (χ3n) is 9.78. The summed E-state index contributed by atoms with van der Waals surface area (Å²) in [6.07, 6.45) is 0.207. The van der Waals surface area contributed by atoms with Crippen LogP contribution in [-0.4, -0.2) is 66.4 Å². The summed E-state index contributed by atoms with van der Waals surface area (Å²) in [6.45, 7) is 6.60. The van der Waals surface area contributed by atoms with Crippen molar-refractivity contribution in [2.75, 3.05) is 40.4 Å². The van der Waals surface area contributed by atoms with Crippen LogP contribution in [0.3, 0.4) is 0 Å². The normalized spacial score (nSPS) is 12.0. The maximum atomic E-state index is 13.5. The van der Waals surface area contributed by atoms with Gasteiger partial charge >= 0.3 is 0 Å². The molecule has 2 atom stereocenters. The van der Waals surface area contributed by atoms with Crippen LogP contribution in [0.2, 0.25) is 10.0 Å². The number of nitrogens with zero attached hydrogens (tertiary/aromatic N) is 4. The fraction of sp³-hybridized carbons (Fsp3) is 0.250. The minimum Gasteiger partial charge on any atom is -0.491 e. The first-order chi connectivity index (χ1) is 33.1. The minimum absolute atomic E-state index is 0.0338. The molecule has 4 amide bonds. The van der Waals surface area contributed by atoms with Gasteiger partial charge in [-0.1, -0.05) is 47.5 Å². The Hall–Kier alpha value is -6.43. The van der Waals surface area contributed by atoms with Crippen molar-refractivity contribution in [1.82, 2.24) is 0 Å². The van der Waals surface area contributed by atoms with Crippen molar-refractivity contribution in [3.8, 4) is 11.5 Å². The van der Waals surface area contributed by atoms with Crippen molar-refractivity contribution in [2.24, 2.45) is 20.5 Å². The van der Waals surface area contributed by atoms with Crippen LogP contribution in [0, 0.1) is 0 Å². The van der Waals surface area contributed by atoms with Crippen molar-refractivity contribution in [3.63, 3.8) is 0 Å². The number of para-hydroxylation sites is 2. The molecule has 21 heteroatoms. The number of hydrogen-bond acceptors (Lipinski definition) is 12. The molecule has 0 radical (unpaired) electrons. The molecule has 0 aromatic heterocycles. The first kappa shape index (κ1) is 53.5. The molecule has 0 bridgehead atoms. The third-order valence-corrected chi connectivity index (χ3v) is 11.2. The largest absolute Gasteiger partial charge is 0.491 e. The average molecular weight is 1040 g/mol. The molecule has 5 rings (SSSR count). The Kier molecular flexibility index (Phi) is 20.0. The van der Waals surface area contributed by atoms with Gasteiger partial charge in [0.2, 0.25) is 12.1 Å². The van der Waals surface area contributed by atoms with E-state index in [1.165, 1.54) is 68.4 Å². The number of aryl methyl sites for hydroxylation is 1. The number of amides is 4. The first-order valence-electron chi connectivity index (χ1n) is 21.1. The number of hydrogen-bond donors (Lipinski definition) is 4. The molecule has 0 aliphatic carbocycles. The van der Waals surface area contributed by atoms with Crippen LogP contribution in [0.15, 0.2) is 111 Å². The minimum atomic E-state index is -1.61. The fourth-order valence-electron chi connectivity index (χ4n) is 6.48. The second kappa shape index (κ2) is 25.8. The smallest absolute Gasteiger partial charge is 0.258 e. The molecular weight excluding hydrogens is 994 g/mol. The highest BCUT2D eigenvalue weighted by Crippen LogP contribution is 2.34. The van der Waals surface area contributed by atoms with Gasteiger partial charge in [0.1, 0.15) is 11.5 Å². The number of carbonyl (C=O) groups is 6. The quantitative estimate of drug-likeness (QED) is 0.0296. The topological polar surface area (TPSA) is 218 Å². The molecule has 0 heterocycles. The number of benzene rings is 5. The van der Waals surface area contributed by atoms with E-state index in [2.05, 4.69) is 41.7 Å². The van der Waals surface area contributed by atoms with E-state index >= 15 is 0 Å². The molecule has 0 saturated heterocycles. The third kappa shape index (κ3) is 14.3. The number of anilines is 4. The van der Waals surface area contributed by atoms with Gasteiger partial charge in [-0.15, -0.1) is 34.8 Å². The number of azo groups is 2. The zero-order chi connectivity index (χ0) is 50.2. The number of alkyl halides is 3. The van der Waals surface area contributed by atoms with Crippen molar-refractivity contribution in [1.29, 1.82) is 0 Å². The van der Waals surface area contributed by atoms with E-state index in [9.17, 15) is 28.8 Å². The Bertz CT molecular complexity index is 2810. The molecular formula is C48H45Cl5N8O8. The van der Waals surface area contributed by atoms with Crippen LogP contribution in [0.1, 0.15) is 65.1 Å². The van der Waals surface area contributed by atoms with Crippen LogP contribution >= 0.6 is 58.0 Å². The molecule has 0 aliphatic rings. The predicted octanol–water partition coefficient (Wildman–Crippen LogP) is 11.9. The lowest BCUT2D eigenvalue weighted by Gasteiger charge is -2.16. The molecule has 2 unspecified atom stereocenters. The van der Waals surface area contributed by atoms with Crippen LogP contribution in [0.25, 0.3) is 0 Å². The summed E-state index contributed by atoms with van der Waals surface area (Å²) in [4.78, 5) is 79.2. The molecule has 0 fully saturated rings. The van der Waals surface area contributed by atoms with E-state index in [-0.39, 0.29) is 68.0 Å². The lowest BCUT2D eigenvalue weighted by atomic mass is 10.1. The summed E-state index contributed by atoms with van der Waals surface area (Å²) < 4.78 is 11.4. The summed E-state index contributed by atoms with van der Waals surface area (Å²) in [5.74, 6) is -2.86. The molecule has 5 aromatic rings. The molecule has 16 nitrogen and oxygen atoms in total. The van der Waals surface area contributed by atoms with E-state index < -0.39 is 47.3 Å². The Morgan fingerprint density at radius 2 is 1.01 bits per heavy atom. The van der Waals surface area contributed by atoms with Gasteiger partial charge in [-0.2, -0.15) is 20.5 Å². The SMILES string of the molecule is CCOc1c(CCl)cccc1NC(=O)c1cc(N=NC(C(C)=O)C(=O)Nc2ccc(NC(=O)C(N=Nc3ccc(Cl)c(C(=O)Nc4cccc(CCl)c4OCC)c3)C(C)=O)c(CCCl)c2)ccc1Cl. The van der Waals surface area contributed by atoms with Crippen LogP contribution < -0.4 is 30.7 Å². The summed E-state index contributed by atoms with van der Waals surface area (Å²) in [5.41, 5.74) is 3.35. The lowest BCUT2D eigenvalue weighted by Crippen LogP contribution is -2.32. The van der Waals surface area contributed by atoms with E-state index in [1.54, 1.807) is 50.2 Å². The Morgan fingerprint density at radius 1 is 0.551 bits per heavy atom. The summed E-state index contributed by atoms with van der Waals surface area (Å²) in [5, 5.41) is 27.3. The molecule has 5 aromatic carbocycles. The highest BCUT2D eigenvalue weighted by Gasteiger charge is 2.27. The number of carbonyl (C=O) groups excluding carboxylic acids is 6. The summed E-state index contributed by atoms with van der Waals surface area (Å²) in [6, 6.07) is 20.0. The highest BCUT2D eigenvalue weighted by molar-refractivity contribution is 6.35. The second-order valence-electron chi connectivity index (χ2n) is 14.7. The van der Waals surface area contributed by atoms with Crippen LogP contribution in [-0.2, 0) is 37.4 Å². The van der Waals surface area contributed by atoms with Gasteiger partial charge in [0, 0.05) is 28.4 Å². The number of ketones is 2. The van der Waals surface area contributed by atoms with E-state index in [1.807, 2.05) is 0 Å². The molecule has 0 aliphatic heterocycles. The molecule has 4 N–H and O–H groups in total. The Labute approximate surface area is 422 Å². The lowest BCUT2D eigenvalue weighted by molar-refractivity contribution is -0.127. The average Bonchev–Trinajstić information content (AvgIpc) is 3.31. The standard InChI is InChI=1S/C48H45Cl5N8O8/c1-5-68-43-29(24-50)9-7-11-39(43)56-45(64)34-22-32(13-16-36(34)52)58-60-41(26(3)62)47(66)54-31-15-18-38(28(21-31)19-20-49)55-48(67)42(27(4)63)61-59-33-14-17-37(53)35(23-33)46(65)57-40-12-8-10-30(25-51)44(40)69-6-2/h7-18,21-23,41-42H,5-6,19-20,24-25H2,1-4H3,(H,54,66)(H,55,67)(H,56,64)(H,57,65). The van der Waals surface area contributed by atoms with Gasteiger partial charge < -0.3 is 30.7 Å². The van der Waals surface area contributed by atoms with Gasteiger partial charge in [0.15, 0.2) is 11.6 Å². The van der Waals surface area contributed by atoms with E-state index in [0.29, 0.717) is 52.8 Å². The molecule has 69 heavy (non-hydrogen) atoms. The maximum absolute atomic E-state index is 13.5. The van der Waals surface area contributed by atoms with E-state index in [4.69, 9.17) is 67.5 Å². The number of rotatable bonds is 22. The molecule has 0 saturated carbocycles. The maximum Gasteiger partial charge on any atom is 0.258 e. The van der Waals surface area contributed by atoms with Gasteiger partial charge in [0.05, 0.1) is 68.9 Å². The van der Waals surface area contributed by atoms with Gasteiger partial charge in [-0.05, 0) is 106 Å². The van der Waals surface area contributed by atoms with E-state index in [0.717, 1.165) is 0 Å². The van der Waals surface area contributed by atoms with Crippen LogP contribution in [0.5, 0.6) is 11.5 Å². The zero-order valence-electron chi connectivity index (χ0n) is 37.5. The van der Waals surface area contributed by atoms with Crippen molar-refractivity contribution in [3.05, 3.63) is 129 Å². The monoisotopic (exact) mass is 1040 g/mol. The van der Waals surface area contributed by atoms with Gasteiger partial charge in [0.25, 0.3) is 23.6 Å². The second-order valence-corrected chi connectivity index (χ2v) is 16.4. The van der Waals surface area contributed by atoms with Gasteiger partial charge in [-0.3, -0.25) is 28.8 Å². The molecule has 360 valence electrons. The van der Waals surface area contributed by atoms with Crippen molar-refractivity contribution in [2.45, 2.75) is 58.0 Å². The number of ether oxygens (including phenoxy) is 2. The number of nitrogens with one attached hydrogen (secondary N) is 4. The van der Waals surface area contributed by atoms with Crippen LogP contribution in [0.4, 0.5) is 34.1 Å². The molecule has 0 spiro atoms. The Morgan fingerprint density at radius 3 is 1.43 bits per heavy atom. The highest BCUT2D eigenvalue weighted by atomic mass is 35.5. The number of halogens is 5. The zero-order valence-corrected chi connectivity index (χ0v) is 41.3. The summed E-state index contributed by atoms with van der Waals surface area (Å²) in [7, 11) is 0.